The number of carbonyl (C=O) groups excluding carboxylic acids is 2. The van der Waals surface area contributed by atoms with Gasteiger partial charge in [0.1, 0.15) is 12.4 Å². The Labute approximate surface area is 154 Å². The van der Waals surface area contributed by atoms with Crippen molar-refractivity contribution in [3.63, 3.8) is 0 Å². The molecule has 5 nitrogen and oxygen atoms in total. The van der Waals surface area contributed by atoms with E-state index in [9.17, 15) is 9.59 Å². The van der Waals surface area contributed by atoms with Crippen LogP contribution in [0, 0.1) is 0 Å². The first kappa shape index (κ1) is 17.2. The molecule has 2 aromatic carbocycles. The molecule has 0 fully saturated rings. The molecule has 0 aromatic heterocycles. The highest BCUT2D eigenvalue weighted by Crippen LogP contribution is 2.27. The maximum atomic E-state index is 12.5. The molecule has 0 bridgehead atoms. The van der Waals surface area contributed by atoms with Gasteiger partial charge >= 0.3 is 0 Å². The highest BCUT2D eigenvalue weighted by molar-refractivity contribution is 9.10. The fourth-order valence-electron chi connectivity index (χ4n) is 2.66. The zero-order chi connectivity index (χ0) is 17.8. The van der Waals surface area contributed by atoms with Crippen LogP contribution in [0.25, 0.3) is 0 Å². The molecule has 6 heteroatoms. The van der Waals surface area contributed by atoms with Gasteiger partial charge in [-0.3, -0.25) is 9.59 Å². The standard InChI is InChI=1S/C19H17BrN2O3/c1-2-18(23)21-15-5-3-4-12(9-15)19(24)22-16-10-13-8-14(20)6-7-17(13)25-11-16/h2-9,16H,1,10-11H2,(H,21,23)(H,22,24)/t16-/m0/s1. The van der Waals surface area contributed by atoms with Crippen LogP contribution in [-0.2, 0) is 11.2 Å². The molecule has 2 N–H and O–H groups in total. The third-order valence-electron chi connectivity index (χ3n) is 3.84. The van der Waals surface area contributed by atoms with E-state index in [2.05, 4.69) is 33.1 Å². The van der Waals surface area contributed by atoms with Gasteiger partial charge in [0.25, 0.3) is 5.91 Å². The molecule has 3 rings (SSSR count). The number of amides is 2. The van der Waals surface area contributed by atoms with Gasteiger partial charge in [-0.25, -0.2) is 0 Å². The van der Waals surface area contributed by atoms with Crippen molar-refractivity contribution in [2.45, 2.75) is 12.5 Å². The summed E-state index contributed by atoms with van der Waals surface area (Å²) in [6, 6.07) is 12.5. The Balaban J connectivity index is 1.67. The second-order valence-corrected chi connectivity index (χ2v) is 6.63. The van der Waals surface area contributed by atoms with Crippen molar-refractivity contribution >= 4 is 33.4 Å². The van der Waals surface area contributed by atoms with Crippen LogP contribution in [0.15, 0.2) is 59.6 Å². The van der Waals surface area contributed by atoms with Crippen molar-refractivity contribution in [3.8, 4) is 5.75 Å². The zero-order valence-electron chi connectivity index (χ0n) is 13.4. The topological polar surface area (TPSA) is 67.4 Å². The lowest BCUT2D eigenvalue weighted by Gasteiger charge is -2.26. The Morgan fingerprint density at radius 1 is 1.24 bits per heavy atom. The van der Waals surface area contributed by atoms with Crippen molar-refractivity contribution in [2.75, 3.05) is 11.9 Å². The third kappa shape index (κ3) is 4.28. The van der Waals surface area contributed by atoms with E-state index in [-0.39, 0.29) is 17.9 Å². The summed E-state index contributed by atoms with van der Waals surface area (Å²) in [7, 11) is 0. The van der Waals surface area contributed by atoms with E-state index in [4.69, 9.17) is 4.74 Å². The first-order valence-corrected chi connectivity index (χ1v) is 8.60. The van der Waals surface area contributed by atoms with Gasteiger partial charge in [0.2, 0.25) is 5.91 Å². The molecule has 2 aromatic rings. The summed E-state index contributed by atoms with van der Waals surface area (Å²) in [6.07, 6.45) is 1.88. The van der Waals surface area contributed by atoms with E-state index in [1.807, 2.05) is 18.2 Å². The number of hydrogen-bond donors (Lipinski definition) is 2. The molecule has 2 amide bonds. The van der Waals surface area contributed by atoms with Crippen LogP contribution in [0.3, 0.4) is 0 Å². The monoisotopic (exact) mass is 400 g/mol. The number of nitrogens with one attached hydrogen (secondary N) is 2. The molecule has 0 unspecified atom stereocenters. The summed E-state index contributed by atoms with van der Waals surface area (Å²) < 4.78 is 6.69. The average Bonchev–Trinajstić information content (AvgIpc) is 2.61. The first-order valence-electron chi connectivity index (χ1n) is 7.81. The molecule has 0 radical (unpaired) electrons. The molecule has 0 aliphatic carbocycles. The fraction of sp³-hybridized carbons (Fsp3) is 0.158. The van der Waals surface area contributed by atoms with Gasteiger partial charge in [0.15, 0.2) is 0 Å². The van der Waals surface area contributed by atoms with Crippen LogP contribution in [-0.4, -0.2) is 24.5 Å². The number of anilines is 1. The minimum Gasteiger partial charge on any atom is -0.491 e. The lowest BCUT2D eigenvalue weighted by molar-refractivity contribution is -0.111. The van der Waals surface area contributed by atoms with Gasteiger partial charge in [-0.1, -0.05) is 28.6 Å². The quantitative estimate of drug-likeness (QED) is 0.773. The Kier molecular flexibility index (Phi) is 5.19. The highest BCUT2D eigenvalue weighted by atomic mass is 79.9. The number of carbonyl (C=O) groups is 2. The van der Waals surface area contributed by atoms with Gasteiger partial charge in [-0.05, 0) is 54.5 Å². The van der Waals surface area contributed by atoms with Crippen LogP contribution in [0.5, 0.6) is 5.75 Å². The summed E-state index contributed by atoms with van der Waals surface area (Å²) in [4.78, 5) is 23.9. The highest BCUT2D eigenvalue weighted by Gasteiger charge is 2.22. The van der Waals surface area contributed by atoms with Gasteiger partial charge in [-0.15, -0.1) is 0 Å². The summed E-state index contributed by atoms with van der Waals surface area (Å²) in [5, 5.41) is 5.62. The first-order chi connectivity index (χ1) is 12.0. The van der Waals surface area contributed by atoms with E-state index in [0.29, 0.717) is 24.3 Å². The zero-order valence-corrected chi connectivity index (χ0v) is 15.0. The number of hydrogen-bond acceptors (Lipinski definition) is 3. The molecular weight excluding hydrogens is 384 g/mol. The summed E-state index contributed by atoms with van der Waals surface area (Å²) in [5.41, 5.74) is 2.08. The minimum atomic E-state index is -0.319. The summed E-state index contributed by atoms with van der Waals surface area (Å²) >= 11 is 3.45. The van der Waals surface area contributed by atoms with Crippen LogP contribution in [0.2, 0.25) is 0 Å². The van der Waals surface area contributed by atoms with E-state index in [1.54, 1.807) is 24.3 Å². The fourth-order valence-corrected chi connectivity index (χ4v) is 3.06. The van der Waals surface area contributed by atoms with Crippen LogP contribution >= 0.6 is 15.9 Å². The molecule has 0 saturated heterocycles. The molecule has 25 heavy (non-hydrogen) atoms. The van der Waals surface area contributed by atoms with Crippen molar-refractivity contribution < 1.29 is 14.3 Å². The van der Waals surface area contributed by atoms with Crippen molar-refractivity contribution in [1.82, 2.24) is 5.32 Å². The molecule has 1 heterocycles. The predicted octanol–water partition coefficient (Wildman–Crippen LogP) is 3.31. The van der Waals surface area contributed by atoms with Crippen LogP contribution in [0.4, 0.5) is 5.69 Å². The van der Waals surface area contributed by atoms with E-state index in [1.165, 1.54) is 6.08 Å². The van der Waals surface area contributed by atoms with Gasteiger partial charge in [-0.2, -0.15) is 0 Å². The third-order valence-corrected chi connectivity index (χ3v) is 4.34. The van der Waals surface area contributed by atoms with Crippen molar-refractivity contribution in [2.24, 2.45) is 0 Å². The maximum absolute atomic E-state index is 12.5. The largest absolute Gasteiger partial charge is 0.491 e. The molecular formula is C19H17BrN2O3. The number of halogens is 1. The average molecular weight is 401 g/mol. The minimum absolute atomic E-state index is 0.110. The van der Waals surface area contributed by atoms with Crippen LogP contribution in [0.1, 0.15) is 15.9 Å². The van der Waals surface area contributed by atoms with Crippen molar-refractivity contribution in [1.29, 1.82) is 0 Å². The Morgan fingerprint density at radius 2 is 2.08 bits per heavy atom. The molecule has 0 saturated carbocycles. The van der Waals surface area contributed by atoms with E-state index >= 15 is 0 Å². The van der Waals surface area contributed by atoms with Crippen molar-refractivity contribution in [3.05, 3.63) is 70.7 Å². The van der Waals surface area contributed by atoms with Crippen LogP contribution < -0.4 is 15.4 Å². The lowest BCUT2D eigenvalue weighted by Crippen LogP contribution is -2.42. The predicted molar refractivity (Wildman–Crippen MR) is 99.9 cm³/mol. The van der Waals surface area contributed by atoms with Gasteiger partial charge < -0.3 is 15.4 Å². The SMILES string of the molecule is C=CC(=O)Nc1cccc(C(=O)N[C@@H]2COc3ccc(Br)cc3C2)c1. The second-order valence-electron chi connectivity index (χ2n) is 5.71. The molecule has 1 aliphatic rings. The Hall–Kier alpha value is -2.60. The van der Waals surface area contributed by atoms with E-state index in [0.717, 1.165) is 15.8 Å². The molecule has 128 valence electrons. The smallest absolute Gasteiger partial charge is 0.251 e. The lowest BCUT2D eigenvalue weighted by atomic mass is 10.0. The summed E-state index contributed by atoms with van der Waals surface area (Å²) in [6.45, 7) is 3.83. The Bertz CT molecular complexity index is 835. The number of benzene rings is 2. The van der Waals surface area contributed by atoms with E-state index < -0.39 is 0 Å². The number of fused-ring (bicyclic) bond motifs is 1. The molecule has 1 atom stereocenters. The number of rotatable bonds is 4. The van der Waals surface area contributed by atoms with Gasteiger partial charge in [0.05, 0.1) is 6.04 Å². The molecule has 0 spiro atoms. The Morgan fingerprint density at radius 3 is 2.88 bits per heavy atom. The van der Waals surface area contributed by atoms with Gasteiger partial charge in [0, 0.05) is 15.7 Å². The normalized spacial score (nSPS) is 15.5. The number of ether oxygens (including phenoxy) is 1. The summed E-state index contributed by atoms with van der Waals surface area (Å²) in [5.74, 6) is 0.324. The second kappa shape index (κ2) is 7.53. The molecule has 1 aliphatic heterocycles. The maximum Gasteiger partial charge on any atom is 0.251 e.